The molecule has 0 saturated carbocycles. The molecule has 1 heterocycles. The number of nitrogens with two attached hydrogens (primary N) is 1. The minimum Gasteiger partial charge on any atom is -0.429 e. The van der Waals surface area contributed by atoms with E-state index in [-0.39, 0.29) is 28.8 Å². The van der Waals surface area contributed by atoms with Crippen LogP contribution in [0.1, 0.15) is 11.3 Å². The highest BCUT2D eigenvalue weighted by atomic mass is 16.6. The highest BCUT2D eigenvalue weighted by Crippen LogP contribution is 2.34. The van der Waals surface area contributed by atoms with Crippen LogP contribution < -0.4 is 10.5 Å². The fraction of sp³-hybridized carbons (Fsp3) is 0.0833. The van der Waals surface area contributed by atoms with E-state index in [1.165, 1.54) is 18.5 Å². The van der Waals surface area contributed by atoms with Gasteiger partial charge < -0.3 is 10.5 Å². The van der Waals surface area contributed by atoms with Gasteiger partial charge in [0.1, 0.15) is 5.84 Å². The molecule has 0 saturated heterocycles. The fourth-order valence-electron chi connectivity index (χ4n) is 1.59. The largest absolute Gasteiger partial charge is 0.429 e. The summed E-state index contributed by atoms with van der Waals surface area (Å²) in [6.45, 7) is 1.67. The molecule has 102 valence electrons. The Kier molecular flexibility index (Phi) is 3.56. The van der Waals surface area contributed by atoms with Gasteiger partial charge in [-0.1, -0.05) is 12.1 Å². The predicted molar refractivity (Wildman–Crippen MR) is 71.0 cm³/mol. The highest BCUT2D eigenvalue weighted by Gasteiger charge is 2.20. The van der Waals surface area contributed by atoms with Gasteiger partial charge in [-0.15, -0.1) is 0 Å². The molecule has 0 unspecified atom stereocenters. The molecule has 0 atom stereocenters. The number of hydrogen-bond donors (Lipinski definition) is 2. The van der Waals surface area contributed by atoms with E-state index in [0.29, 0.717) is 5.56 Å². The van der Waals surface area contributed by atoms with Crippen LogP contribution in [0.25, 0.3) is 0 Å². The summed E-state index contributed by atoms with van der Waals surface area (Å²) in [7, 11) is 0. The van der Waals surface area contributed by atoms with Crippen molar-refractivity contribution in [3.8, 4) is 11.6 Å². The standard InChI is InChI=1S/C12H11N5O3/c1-7-3-2-4-8(17(18)19)10(7)20-12-9(11(13)14)15-5-6-16-12/h2-6H,1H3,(H3,13,14). The normalized spacial score (nSPS) is 10.1. The number of hydrogen-bond acceptors (Lipinski definition) is 6. The van der Waals surface area contributed by atoms with Gasteiger partial charge >= 0.3 is 5.69 Å². The van der Waals surface area contributed by atoms with Crippen molar-refractivity contribution in [2.75, 3.05) is 0 Å². The lowest BCUT2D eigenvalue weighted by molar-refractivity contribution is -0.385. The molecule has 2 aromatic rings. The Morgan fingerprint density at radius 3 is 2.75 bits per heavy atom. The lowest BCUT2D eigenvalue weighted by Gasteiger charge is -2.10. The molecule has 1 aromatic carbocycles. The number of amidine groups is 1. The average molecular weight is 273 g/mol. The van der Waals surface area contributed by atoms with Gasteiger partial charge in [-0.2, -0.15) is 0 Å². The van der Waals surface area contributed by atoms with Crippen molar-refractivity contribution in [1.82, 2.24) is 9.97 Å². The number of nitrogens with zero attached hydrogens (tertiary/aromatic N) is 3. The zero-order valence-electron chi connectivity index (χ0n) is 10.5. The third-order valence-corrected chi connectivity index (χ3v) is 2.51. The van der Waals surface area contributed by atoms with Crippen molar-refractivity contribution < 1.29 is 9.66 Å². The first-order chi connectivity index (χ1) is 9.50. The minimum absolute atomic E-state index is 0.0325. The average Bonchev–Trinajstić information content (AvgIpc) is 2.41. The monoisotopic (exact) mass is 273 g/mol. The first-order valence-electron chi connectivity index (χ1n) is 5.58. The molecule has 0 aliphatic rings. The smallest absolute Gasteiger partial charge is 0.311 e. The molecule has 20 heavy (non-hydrogen) atoms. The van der Waals surface area contributed by atoms with Gasteiger partial charge in [0, 0.05) is 18.5 Å². The van der Waals surface area contributed by atoms with E-state index in [2.05, 4.69) is 9.97 Å². The highest BCUT2D eigenvalue weighted by molar-refractivity contribution is 5.95. The summed E-state index contributed by atoms with van der Waals surface area (Å²) in [4.78, 5) is 18.2. The molecule has 3 N–H and O–H groups in total. The maximum atomic E-state index is 11.0. The first kappa shape index (κ1) is 13.4. The van der Waals surface area contributed by atoms with Crippen LogP contribution >= 0.6 is 0 Å². The molecule has 0 fully saturated rings. The van der Waals surface area contributed by atoms with Gasteiger partial charge in [0.2, 0.25) is 11.6 Å². The Morgan fingerprint density at radius 2 is 2.10 bits per heavy atom. The molecule has 0 spiro atoms. The van der Waals surface area contributed by atoms with E-state index in [1.54, 1.807) is 19.1 Å². The summed E-state index contributed by atoms with van der Waals surface area (Å²) in [6.07, 6.45) is 2.71. The molecule has 0 amide bonds. The number of nitro groups is 1. The number of nitrogen functional groups attached to an aromatic ring is 1. The number of benzene rings is 1. The van der Waals surface area contributed by atoms with Gasteiger partial charge in [0.15, 0.2) is 5.69 Å². The second-order valence-corrected chi connectivity index (χ2v) is 3.91. The minimum atomic E-state index is -0.549. The van der Waals surface area contributed by atoms with E-state index in [0.717, 1.165) is 0 Å². The number of para-hydroxylation sites is 1. The summed E-state index contributed by atoms with van der Waals surface area (Å²) < 4.78 is 5.46. The van der Waals surface area contributed by atoms with Crippen molar-refractivity contribution in [2.45, 2.75) is 6.92 Å². The quantitative estimate of drug-likeness (QED) is 0.378. The molecular weight excluding hydrogens is 262 g/mol. The summed E-state index contributed by atoms with van der Waals surface area (Å²) in [5.74, 6) is -0.317. The Morgan fingerprint density at radius 1 is 1.40 bits per heavy atom. The molecule has 0 radical (unpaired) electrons. The third-order valence-electron chi connectivity index (χ3n) is 2.51. The van der Waals surface area contributed by atoms with Crippen molar-refractivity contribution in [3.63, 3.8) is 0 Å². The van der Waals surface area contributed by atoms with Gasteiger partial charge in [-0.3, -0.25) is 15.5 Å². The van der Waals surface area contributed by atoms with Gasteiger partial charge in [-0.25, -0.2) is 9.97 Å². The Labute approximate surface area is 113 Å². The first-order valence-corrected chi connectivity index (χ1v) is 5.58. The van der Waals surface area contributed by atoms with Gasteiger partial charge in [0.05, 0.1) is 4.92 Å². The SMILES string of the molecule is Cc1cccc([N+](=O)[O-])c1Oc1nccnc1C(=N)N. The molecule has 0 bridgehead atoms. The van der Waals surface area contributed by atoms with Gasteiger partial charge in [-0.05, 0) is 12.5 Å². The molecule has 0 aliphatic heterocycles. The number of nitrogens with one attached hydrogen (secondary N) is 1. The number of ether oxygens (including phenoxy) is 1. The molecule has 0 aliphatic carbocycles. The number of aromatic nitrogens is 2. The number of rotatable bonds is 4. The van der Waals surface area contributed by atoms with E-state index in [1.807, 2.05) is 0 Å². The van der Waals surface area contributed by atoms with Crippen LogP contribution in [0.4, 0.5) is 5.69 Å². The molecule has 8 nitrogen and oxygen atoms in total. The maximum absolute atomic E-state index is 11.0. The molecular formula is C12H11N5O3. The number of nitro benzene ring substituents is 1. The summed E-state index contributed by atoms with van der Waals surface area (Å²) in [5, 5.41) is 18.4. The van der Waals surface area contributed by atoms with Crippen LogP contribution in [0.2, 0.25) is 0 Å². The zero-order chi connectivity index (χ0) is 14.7. The summed E-state index contributed by atoms with van der Waals surface area (Å²) >= 11 is 0. The number of aryl methyl sites for hydroxylation is 1. The van der Waals surface area contributed by atoms with Crippen LogP contribution in [0.3, 0.4) is 0 Å². The maximum Gasteiger partial charge on any atom is 0.311 e. The summed E-state index contributed by atoms with van der Waals surface area (Å²) in [5.41, 5.74) is 5.78. The summed E-state index contributed by atoms with van der Waals surface area (Å²) in [6, 6.07) is 4.56. The zero-order valence-corrected chi connectivity index (χ0v) is 10.5. The second kappa shape index (κ2) is 5.31. The van der Waals surface area contributed by atoms with Crippen molar-refractivity contribution in [3.05, 3.63) is 52.0 Å². The molecule has 2 rings (SSSR count). The van der Waals surface area contributed by atoms with E-state index in [9.17, 15) is 10.1 Å². The third kappa shape index (κ3) is 2.53. The van der Waals surface area contributed by atoms with E-state index >= 15 is 0 Å². The van der Waals surface area contributed by atoms with Crippen molar-refractivity contribution in [1.29, 1.82) is 5.41 Å². The second-order valence-electron chi connectivity index (χ2n) is 3.91. The lowest BCUT2D eigenvalue weighted by atomic mass is 10.2. The van der Waals surface area contributed by atoms with Crippen LogP contribution in [0.5, 0.6) is 11.6 Å². The van der Waals surface area contributed by atoms with Crippen LogP contribution in [-0.2, 0) is 0 Å². The fourth-order valence-corrected chi connectivity index (χ4v) is 1.59. The predicted octanol–water partition coefficient (Wildman–Crippen LogP) is 1.77. The van der Waals surface area contributed by atoms with Crippen LogP contribution in [-0.4, -0.2) is 20.7 Å². The van der Waals surface area contributed by atoms with Crippen molar-refractivity contribution in [2.24, 2.45) is 5.73 Å². The topological polar surface area (TPSA) is 128 Å². The molecule has 1 aromatic heterocycles. The van der Waals surface area contributed by atoms with Gasteiger partial charge in [0.25, 0.3) is 0 Å². The molecule has 8 heteroatoms. The Balaban J connectivity index is 2.51. The van der Waals surface area contributed by atoms with Crippen LogP contribution in [0, 0.1) is 22.4 Å². The van der Waals surface area contributed by atoms with E-state index < -0.39 is 4.92 Å². The van der Waals surface area contributed by atoms with Crippen molar-refractivity contribution >= 4 is 11.5 Å². The van der Waals surface area contributed by atoms with Crippen LogP contribution in [0.15, 0.2) is 30.6 Å². The Bertz CT molecular complexity index is 687. The lowest BCUT2D eigenvalue weighted by Crippen LogP contribution is -2.15. The van der Waals surface area contributed by atoms with E-state index in [4.69, 9.17) is 15.9 Å². The Hall–Kier alpha value is -3.03.